The van der Waals surface area contributed by atoms with Crippen LogP contribution in [0.5, 0.6) is 5.88 Å². The van der Waals surface area contributed by atoms with Crippen LogP contribution in [0.3, 0.4) is 0 Å². The average Bonchev–Trinajstić information content (AvgIpc) is 2.40. The van der Waals surface area contributed by atoms with Crippen molar-refractivity contribution in [2.24, 2.45) is 0 Å². The molecule has 0 saturated heterocycles. The fourth-order valence-electron chi connectivity index (χ4n) is 1.68. The number of carbonyl (C=O) groups excluding carboxylic acids is 1. The van der Waals surface area contributed by atoms with Crippen LogP contribution in [0.15, 0.2) is 42.6 Å². The van der Waals surface area contributed by atoms with Gasteiger partial charge in [0.05, 0.1) is 11.8 Å². The van der Waals surface area contributed by atoms with Crippen molar-refractivity contribution >= 4 is 5.97 Å². The van der Waals surface area contributed by atoms with E-state index in [1.807, 2.05) is 12.1 Å². The Morgan fingerprint density at radius 2 is 1.75 bits per heavy atom. The third-order valence-corrected chi connectivity index (χ3v) is 2.88. The van der Waals surface area contributed by atoms with Crippen molar-refractivity contribution in [3.8, 4) is 5.88 Å². The van der Waals surface area contributed by atoms with Gasteiger partial charge in [-0.25, -0.2) is 14.2 Å². The van der Waals surface area contributed by atoms with Gasteiger partial charge < -0.3 is 4.74 Å². The quantitative estimate of drug-likeness (QED) is 0.782. The number of carbonyl (C=O) groups is 1. The van der Waals surface area contributed by atoms with Crippen LogP contribution in [-0.4, -0.2) is 11.0 Å². The van der Waals surface area contributed by atoms with E-state index in [1.54, 1.807) is 12.1 Å². The van der Waals surface area contributed by atoms with Gasteiger partial charge in [0.25, 0.3) is 0 Å². The molecule has 4 heteroatoms. The zero-order valence-corrected chi connectivity index (χ0v) is 11.7. The normalized spacial score (nSPS) is 11.2. The van der Waals surface area contributed by atoms with Crippen molar-refractivity contribution in [3.05, 3.63) is 59.5 Å². The first kappa shape index (κ1) is 14.2. The molecule has 0 fully saturated rings. The standard InChI is InChI=1S/C16H16FNO2/c1-16(2,3)12-6-4-11(5-7-12)15(19)20-14-9-8-13(17)10-18-14/h4-10H,1-3H3. The summed E-state index contributed by atoms with van der Waals surface area (Å²) in [5, 5.41) is 0. The number of esters is 1. The summed E-state index contributed by atoms with van der Waals surface area (Å²) in [6, 6.07) is 9.73. The van der Waals surface area contributed by atoms with Gasteiger partial charge in [0.15, 0.2) is 0 Å². The van der Waals surface area contributed by atoms with Crippen LogP contribution in [0, 0.1) is 5.82 Å². The van der Waals surface area contributed by atoms with Crippen molar-refractivity contribution in [1.82, 2.24) is 4.98 Å². The van der Waals surface area contributed by atoms with Gasteiger partial charge in [0.2, 0.25) is 5.88 Å². The molecule has 0 unspecified atom stereocenters. The molecule has 0 radical (unpaired) electrons. The maximum absolute atomic E-state index is 12.7. The second-order valence-corrected chi connectivity index (χ2v) is 5.53. The molecule has 0 bridgehead atoms. The Kier molecular flexibility index (Phi) is 3.84. The monoisotopic (exact) mass is 273 g/mol. The van der Waals surface area contributed by atoms with Crippen molar-refractivity contribution in [1.29, 1.82) is 0 Å². The lowest BCUT2D eigenvalue weighted by Crippen LogP contribution is -2.13. The lowest BCUT2D eigenvalue weighted by atomic mass is 9.87. The van der Waals surface area contributed by atoms with Crippen molar-refractivity contribution in [2.75, 3.05) is 0 Å². The molecule has 0 aliphatic heterocycles. The second kappa shape index (κ2) is 5.41. The first-order valence-electron chi connectivity index (χ1n) is 6.30. The summed E-state index contributed by atoms with van der Waals surface area (Å²) in [5.74, 6) is -0.903. The molecule has 0 atom stereocenters. The van der Waals surface area contributed by atoms with E-state index in [0.717, 1.165) is 11.8 Å². The minimum atomic E-state index is -0.510. The molecule has 1 aromatic heterocycles. The number of pyridine rings is 1. The third-order valence-electron chi connectivity index (χ3n) is 2.88. The summed E-state index contributed by atoms with van der Waals surface area (Å²) in [5.41, 5.74) is 1.60. The third kappa shape index (κ3) is 3.41. The largest absolute Gasteiger partial charge is 0.404 e. The second-order valence-electron chi connectivity index (χ2n) is 5.53. The summed E-state index contributed by atoms with van der Waals surface area (Å²) >= 11 is 0. The predicted molar refractivity (Wildman–Crippen MR) is 74.3 cm³/mol. The molecule has 0 aliphatic carbocycles. The van der Waals surface area contributed by atoms with Gasteiger partial charge >= 0.3 is 5.97 Å². The number of ether oxygens (including phenoxy) is 1. The molecule has 1 aromatic carbocycles. The number of hydrogen-bond donors (Lipinski definition) is 0. The number of aromatic nitrogens is 1. The highest BCUT2D eigenvalue weighted by atomic mass is 19.1. The average molecular weight is 273 g/mol. The molecular weight excluding hydrogens is 257 g/mol. The first-order chi connectivity index (χ1) is 9.36. The molecule has 0 amide bonds. The van der Waals surface area contributed by atoms with Gasteiger partial charge in [-0.15, -0.1) is 0 Å². The highest BCUT2D eigenvalue weighted by Gasteiger charge is 2.15. The van der Waals surface area contributed by atoms with Gasteiger partial charge in [0.1, 0.15) is 5.82 Å². The molecule has 0 aliphatic rings. The zero-order chi connectivity index (χ0) is 14.8. The van der Waals surface area contributed by atoms with E-state index in [-0.39, 0.29) is 11.3 Å². The van der Waals surface area contributed by atoms with Crippen LogP contribution in [0.1, 0.15) is 36.7 Å². The zero-order valence-electron chi connectivity index (χ0n) is 11.7. The summed E-state index contributed by atoms with van der Waals surface area (Å²) < 4.78 is 17.8. The number of benzene rings is 1. The Balaban J connectivity index is 2.11. The lowest BCUT2D eigenvalue weighted by molar-refractivity contribution is 0.0727. The van der Waals surface area contributed by atoms with Crippen LogP contribution in [0.25, 0.3) is 0 Å². The van der Waals surface area contributed by atoms with Crippen molar-refractivity contribution in [2.45, 2.75) is 26.2 Å². The van der Waals surface area contributed by atoms with E-state index in [0.29, 0.717) is 5.56 Å². The van der Waals surface area contributed by atoms with E-state index >= 15 is 0 Å². The smallest absolute Gasteiger partial charge is 0.344 e. The van der Waals surface area contributed by atoms with Crippen LogP contribution >= 0.6 is 0 Å². The summed E-state index contributed by atoms with van der Waals surface area (Å²) in [7, 11) is 0. The maximum atomic E-state index is 12.7. The van der Waals surface area contributed by atoms with Crippen molar-refractivity contribution < 1.29 is 13.9 Å². The number of halogens is 1. The number of nitrogens with zero attached hydrogens (tertiary/aromatic N) is 1. The summed E-state index contributed by atoms with van der Waals surface area (Å²) in [6.07, 6.45) is 1.01. The molecule has 2 rings (SSSR count). The SMILES string of the molecule is CC(C)(C)c1ccc(C(=O)Oc2ccc(F)cn2)cc1. The molecule has 0 spiro atoms. The summed E-state index contributed by atoms with van der Waals surface area (Å²) in [4.78, 5) is 15.6. The van der Waals surface area contributed by atoms with E-state index in [9.17, 15) is 9.18 Å². The van der Waals surface area contributed by atoms with Crippen LogP contribution < -0.4 is 4.74 Å². The van der Waals surface area contributed by atoms with Gasteiger partial charge in [-0.05, 0) is 29.2 Å². The molecule has 2 aromatic rings. The topological polar surface area (TPSA) is 39.2 Å². The van der Waals surface area contributed by atoms with Crippen LogP contribution in [0.4, 0.5) is 4.39 Å². The Bertz CT molecular complexity index is 598. The van der Waals surface area contributed by atoms with E-state index in [1.165, 1.54) is 12.1 Å². The highest BCUT2D eigenvalue weighted by Crippen LogP contribution is 2.22. The van der Waals surface area contributed by atoms with Gasteiger partial charge in [0, 0.05) is 6.07 Å². The van der Waals surface area contributed by atoms with Crippen LogP contribution in [0.2, 0.25) is 0 Å². The molecule has 0 saturated carbocycles. The summed E-state index contributed by atoms with van der Waals surface area (Å²) in [6.45, 7) is 6.30. The minimum Gasteiger partial charge on any atom is -0.404 e. The maximum Gasteiger partial charge on any atom is 0.344 e. The minimum absolute atomic E-state index is 0.0287. The lowest BCUT2D eigenvalue weighted by Gasteiger charge is -2.18. The number of rotatable bonds is 2. The Labute approximate surface area is 117 Å². The van der Waals surface area contributed by atoms with Gasteiger partial charge in [-0.1, -0.05) is 32.9 Å². The molecule has 20 heavy (non-hydrogen) atoms. The Hall–Kier alpha value is -2.23. The van der Waals surface area contributed by atoms with Gasteiger partial charge in [-0.3, -0.25) is 0 Å². The molecule has 0 N–H and O–H groups in total. The fraction of sp³-hybridized carbons (Fsp3) is 0.250. The Morgan fingerprint density at radius 3 is 2.25 bits per heavy atom. The predicted octanol–water partition coefficient (Wildman–Crippen LogP) is 3.74. The molecule has 104 valence electrons. The molecular formula is C16H16FNO2. The van der Waals surface area contributed by atoms with E-state index in [4.69, 9.17) is 4.74 Å². The van der Waals surface area contributed by atoms with E-state index < -0.39 is 11.8 Å². The van der Waals surface area contributed by atoms with Crippen LogP contribution in [-0.2, 0) is 5.41 Å². The van der Waals surface area contributed by atoms with Gasteiger partial charge in [-0.2, -0.15) is 0 Å². The molecule has 3 nitrogen and oxygen atoms in total. The fourth-order valence-corrected chi connectivity index (χ4v) is 1.68. The first-order valence-corrected chi connectivity index (χ1v) is 6.30. The highest BCUT2D eigenvalue weighted by molar-refractivity contribution is 5.90. The number of hydrogen-bond acceptors (Lipinski definition) is 3. The Morgan fingerprint density at radius 1 is 1.10 bits per heavy atom. The van der Waals surface area contributed by atoms with Crippen molar-refractivity contribution in [3.63, 3.8) is 0 Å². The molecule has 1 heterocycles. The van der Waals surface area contributed by atoms with E-state index in [2.05, 4.69) is 25.8 Å².